The Kier molecular flexibility index (Phi) is 7.23. The van der Waals surface area contributed by atoms with Crippen LogP contribution in [0.4, 0.5) is 0 Å². The summed E-state index contributed by atoms with van der Waals surface area (Å²) in [6.07, 6.45) is 10.5. The fraction of sp³-hybridized carbons (Fsp3) is 0.800. The van der Waals surface area contributed by atoms with E-state index >= 15 is 0 Å². The minimum atomic E-state index is -0.486. The summed E-state index contributed by atoms with van der Waals surface area (Å²) in [7, 11) is 0. The smallest absolute Gasteiger partial charge is 0.233 e. The molecule has 4 aliphatic heterocycles. The van der Waals surface area contributed by atoms with Crippen LogP contribution in [-0.4, -0.2) is 95.6 Å². The Labute approximate surface area is 226 Å². The van der Waals surface area contributed by atoms with E-state index in [1.54, 1.807) is 0 Å². The van der Waals surface area contributed by atoms with Gasteiger partial charge in [-0.3, -0.25) is 29.0 Å². The van der Waals surface area contributed by atoms with Crippen molar-refractivity contribution in [2.24, 2.45) is 47.3 Å². The van der Waals surface area contributed by atoms with Crippen LogP contribution in [0.25, 0.3) is 0 Å². The summed E-state index contributed by atoms with van der Waals surface area (Å²) in [5.74, 6) is -1.72. The Bertz CT molecular complexity index is 890. The lowest BCUT2D eigenvalue weighted by atomic mass is 9.54. The van der Waals surface area contributed by atoms with Gasteiger partial charge in [-0.15, -0.1) is 0 Å². The van der Waals surface area contributed by atoms with Gasteiger partial charge in [-0.1, -0.05) is 26.0 Å². The third-order valence-electron chi connectivity index (χ3n) is 10.4. The van der Waals surface area contributed by atoms with Crippen LogP contribution >= 0.6 is 0 Å². The number of carbonyl (C=O) groups excluding carboxylic acids is 4. The summed E-state index contributed by atoms with van der Waals surface area (Å²) in [4.78, 5) is 62.0. The predicted molar refractivity (Wildman–Crippen MR) is 142 cm³/mol. The normalized spacial score (nSPS) is 39.4. The second-order valence-electron chi connectivity index (χ2n) is 13.1. The zero-order valence-corrected chi connectivity index (χ0v) is 23.1. The molecule has 6 atom stereocenters. The fourth-order valence-corrected chi connectivity index (χ4v) is 8.67. The van der Waals surface area contributed by atoms with Crippen molar-refractivity contribution in [2.45, 2.75) is 52.4 Å². The Morgan fingerprint density at radius 1 is 0.605 bits per heavy atom. The van der Waals surface area contributed by atoms with Gasteiger partial charge in [0.25, 0.3) is 0 Å². The molecule has 1 saturated carbocycles. The van der Waals surface area contributed by atoms with E-state index in [9.17, 15) is 19.2 Å². The highest BCUT2D eigenvalue weighted by atomic mass is 16.2. The van der Waals surface area contributed by atoms with Crippen molar-refractivity contribution in [3.05, 3.63) is 12.2 Å². The molecule has 8 nitrogen and oxygen atoms in total. The summed E-state index contributed by atoms with van der Waals surface area (Å²) in [6, 6.07) is 0. The molecule has 0 aromatic rings. The van der Waals surface area contributed by atoms with Crippen molar-refractivity contribution in [1.29, 1.82) is 0 Å². The molecule has 4 amide bonds. The highest BCUT2D eigenvalue weighted by molar-refractivity contribution is 6.10. The quantitative estimate of drug-likeness (QED) is 0.358. The molecule has 0 N–H and O–H groups in total. The number of imide groups is 2. The van der Waals surface area contributed by atoms with Gasteiger partial charge in [-0.25, -0.2) is 0 Å². The van der Waals surface area contributed by atoms with E-state index < -0.39 is 23.7 Å². The van der Waals surface area contributed by atoms with Gasteiger partial charge in [0.15, 0.2) is 0 Å². The first kappa shape index (κ1) is 26.2. The van der Waals surface area contributed by atoms with Gasteiger partial charge in [0.2, 0.25) is 23.6 Å². The summed E-state index contributed by atoms with van der Waals surface area (Å²) in [5.41, 5.74) is 0. The van der Waals surface area contributed by atoms with Gasteiger partial charge in [-0.05, 0) is 76.5 Å². The molecule has 4 heterocycles. The molecular weight excluding hydrogens is 480 g/mol. The molecule has 7 aliphatic rings. The maximum atomic E-state index is 13.5. The molecule has 2 bridgehead atoms. The number of carbonyl (C=O) groups is 4. The minimum absolute atomic E-state index is 0.122. The largest absolute Gasteiger partial charge is 0.303 e. The topological polar surface area (TPSA) is 81.2 Å². The molecule has 7 rings (SSSR count). The highest BCUT2D eigenvalue weighted by Gasteiger charge is 2.68. The lowest BCUT2D eigenvalue weighted by Gasteiger charge is -2.44. The van der Waals surface area contributed by atoms with Crippen LogP contribution in [0.2, 0.25) is 0 Å². The SMILES string of the molecule is CC1CCCN(CCCN2C(=O)C3C4C=CC(C3C2=O)C2C(=O)N(CCCN3CCCC(C)C3)C(=O)C42)C1. The number of piperidine rings is 2. The number of amides is 4. The Hall–Kier alpha value is -2.06. The molecule has 0 radical (unpaired) electrons. The summed E-state index contributed by atoms with van der Waals surface area (Å²) in [5, 5.41) is 0. The van der Waals surface area contributed by atoms with E-state index in [0.29, 0.717) is 24.9 Å². The average molecular weight is 525 g/mol. The van der Waals surface area contributed by atoms with Gasteiger partial charge in [0.05, 0.1) is 23.7 Å². The standard InChI is InChI=1S/C30H44N4O4/c1-19-7-3-11-31(17-19)13-5-15-33-27(35)23-21-9-10-22(24(23)28(33)36)26-25(21)29(37)34(30(26)38)16-6-14-32-12-4-8-20(2)18-32/h9-10,19-26H,3-8,11-18H2,1-2H3. The second kappa shape index (κ2) is 10.5. The number of allylic oxidation sites excluding steroid dienone is 2. The molecule has 38 heavy (non-hydrogen) atoms. The number of hydrogen-bond donors (Lipinski definition) is 0. The monoisotopic (exact) mass is 524 g/mol. The zero-order chi connectivity index (χ0) is 26.6. The van der Waals surface area contributed by atoms with Gasteiger partial charge >= 0.3 is 0 Å². The van der Waals surface area contributed by atoms with E-state index in [2.05, 4.69) is 23.6 Å². The molecule has 3 aliphatic carbocycles. The molecule has 4 saturated heterocycles. The average Bonchev–Trinajstić information content (AvgIpc) is 3.32. The Morgan fingerprint density at radius 3 is 1.32 bits per heavy atom. The molecule has 0 aromatic carbocycles. The van der Waals surface area contributed by atoms with E-state index in [-0.39, 0.29) is 35.5 Å². The first-order valence-electron chi connectivity index (χ1n) is 15.2. The Morgan fingerprint density at radius 2 is 0.974 bits per heavy atom. The zero-order valence-electron chi connectivity index (χ0n) is 23.1. The van der Waals surface area contributed by atoms with Crippen molar-refractivity contribution in [1.82, 2.24) is 19.6 Å². The predicted octanol–water partition coefficient (Wildman–Crippen LogP) is 2.25. The molecule has 208 valence electrons. The van der Waals surface area contributed by atoms with Gasteiger partial charge < -0.3 is 9.80 Å². The number of rotatable bonds is 8. The third kappa shape index (κ3) is 4.45. The molecule has 6 unspecified atom stereocenters. The van der Waals surface area contributed by atoms with Crippen LogP contribution < -0.4 is 0 Å². The second-order valence-corrected chi connectivity index (χ2v) is 13.1. The van der Waals surface area contributed by atoms with Crippen LogP contribution in [0.5, 0.6) is 0 Å². The van der Waals surface area contributed by atoms with Crippen LogP contribution in [0.15, 0.2) is 12.2 Å². The number of hydrogen-bond acceptors (Lipinski definition) is 6. The number of likely N-dealkylation sites (tertiary alicyclic amines) is 4. The van der Waals surface area contributed by atoms with Crippen molar-refractivity contribution < 1.29 is 19.2 Å². The maximum absolute atomic E-state index is 13.5. The minimum Gasteiger partial charge on any atom is -0.303 e. The van der Waals surface area contributed by atoms with E-state index in [4.69, 9.17) is 0 Å². The van der Waals surface area contributed by atoms with Crippen LogP contribution in [0.3, 0.4) is 0 Å². The lowest BCUT2D eigenvalue weighted by molar-refractivity contribution is -0.140. The van der Waals surface area contributed by atoms with Gasteiger partial charge in [0.1, 0.15) is 0 Å². The Balaban J connectivity index is 1.09. The number of nitrogens with zero attached hydrogens (tertiary/aromatic N) is 4. The molecule has 0 spiro atoms. The summed E-state index contributed by atoms with van der Waals surface area (Å²) < 4.78 is 0. The maximum Gasteiger partial charge on any atom is 0.233 e. The van der Waals surface area contributed by atoms with Crippen LogP contribution in [0.1, 0.15) is 52.4 Å². The molecule has 0 aromatic heterocycles. The van der Waals surface area contributed by atoms with Crippen molar-refractivity contribution in [3.63, 3.8) is 0 Å². The third-order valence-corrected chi connectivity index (χ3v) is 10.4. The van der Waals surface area contributed by atoms with Crippen LogP contribution in [-0.2, 0) is 19.2 Å². The lowest BCUT2D eigenvalue weighted by Crippen LogP contribution is -2.50. The van der Waals surface area contributed by atoms with Crippen LogP contribution in [0, 0.1) is 47.3 Å². The summed E-state index contributed by atoms with van der Waals surface area (Å²) >= 11 is 0. The molecular formula is C30H44N4O4. The van der Waals surface area contributed by atoms with Crippen molar-refractivity contribution >= 4 is 23.6 Å². The molecule has 8 heteroatoms. The van der Waals surface area contributed by atoms with E-state index in [1.807, 2.05) is 12.2 Å². The van der Waals surface area contributed by atoms with Gasteiger partial charge in [-0.2, -0.15) is 0 Å². The van der Waals surface area contributed by atoms with E-state index in [0.717, 1.165) is 52.1 Å². The van der Waals surface area contributed by atoms with Crippen molar-refractivity contribution in [3.8, 4) is 0 Å². The first-order valence-corrected chi connectivity index (χ1v) is 15.2. The fourth-order valence-electron chi connectivity index (χ4n) is 8.67. The summed E-state index contributed by atoms with van der Waals surface area (Å²) in [6.45, 7) is 11.6. The van der Waals surface area contributed by atoms with Gasteiger partial charge in [0, 0.05) is 38.0 Å². The van der Waals surface area contributed by atoms with Crippen molar-refractivity contribution in [2.75, 3.05) is 52.4 Å². The highest BCUT2D eigenvalue weighted by Crippen LogP contribution is 2.57. The molecule has 5 fully saturated rings. The van der Waals surface area contributed by atoms with E-state index in [1.165, 1.54) is 35.5 Å². The first-order chi connectivity index (χ1) is 18.3.